The second-order valence-corrected chi connectivity index (χ2v) is 7.04. The Hall–Kier alpha value is -1.55. The summed E-state index contributed by atoms with van der Waals surface area (Å²) in [6.45, 7) is 7.68. The van der Waals surface area contributed by atoms with Gasteiger partial charge < -0.3 is 15.0 Å². The molecule has 24 heavy (non-hydrogen) atoms. The summed E-state index contributed by atoms with van der Waals surface area (Å²) in [5.74, 6) is 2.35. The van der Waals surface area contributed by atoms with Gasteiger partial charge in [0, 0.05) is 13.1 Å². The topological polar surface area (TPSA) is 41.6 Å². The number of hydrogen-bond donors (Lipinski definition) is 1. The van der Waals surface area contributed by atoms with E-state index in [0.29, 0.717) is 18.9 Å². The first kappa shape index (κ1) is 18.8. The Morgan fingerprint density at radius 1 is 1.25 bits per heavy atom. The average Bonchev–Trinajstić information content (AvgIpc) is 2.60. The van der Waals surface area contributed by atoms with Crippen LogP contribution in [0.3, 0.4) is 0 Å². The molecule has 2 rings (SSSR count). The predicted octanol–water partition coefficient (Wildman–Crippen LogP) is 3.43. The maximum atomic E-state index is 12.3. The lowest BCUT2D eigenvalue weighted by molar-refractivity contribution is -0.133. The van der Waals surface area contributed by atoms with Gasteiger partial charge in [0.2, 0.25) is 5.91 Å². The third-order valence-corrected chi connectivity index (χ3v) is 4.90. The molecule has 0 aliphatic carbocycles. The van der Waals surface area contributed by atoms with E-state index in [4.69, 9.17) is 4.74 Å². The Morgan fingerprint density at radius 3 is 2.50 bits per heavy atom. The Bertz CT molecular complexity index is 491. The van der Waals surface area contributed by atoms with Crippen LogP contribution >= 0.6 is 0 Å². The van der Waals surface area contributed by atoms with Crippen LogP contribution < -0.4 is 10.1 Å². The van der Waals surface area contributed by atoms with Crippen LogP contribution in [-0.4, -0.2) is 44.1 Å². The molecule has 0 saturated carbocycles. The van der Waals surface area contributed by atoms with Crippen LogP contribution in [0.1, 0.15) is 51.0 Å². The van der Waals surface area contributed by atoms with Crippen LogP contribution in [0, 0.1) is 5.92 Å². The molecule has 0 atom stereocenters. The van der Waals surface area contributed by atoms with Gasteiger partial charge in [0.15, 0.2) is 0 Å². The van der Waals surface area contributed by atoms with E-state index in [2.05, 4.69) is 31.3 Å². The standard InChI is InChI=1S/C20H32N2O2/c1-16(2)18-4-6-19(7-5-18)24-15-11-20(23)22-13-9-17(10-14-22)8-12-21-3/h4-7,16-17,21H,8-15H2,1-3H3. The number of nitrogens with zero attached hydrogens (tertiary/aromatic N) is 1. The first-order chi connectivity index (χ1) is 11.6. The van der Waals surface area contributed by atoms with Gasteiger partial charge >= 0.3 is 0 Å². The van der Waals surface area contributed by atoms with Gasteiger partial charge in [-0.05, 0) is 62.4 Å². The highest BCUT2D eigenvalue weighted by atomic mass is 16.5. The monoisotopic (exact) mass is 332 g/mol. The minimum atomic E-state index is 0.223. The van der Waals surface area contributed by atoms with Crippen LogP contribution in [0.2, 0.25) is 0 Å². The molecule has 0 spiro atoms. The first-order valence-corrected chi connectivity index (χ1v) is 9.25. The molecule has 4 heteroatoms. The van der Waals surface area contributed by atoms with Crippen molar-refractivity contribution in [3.05, 3.63) is 29.8 Å². The predicted molar refractivity (Wildman–Crippen MR) is 98.5 cm³/mol. The summed E-state index contributed by atoms with van der Waals surface area (Å²) < 4.78 is 5.72. The van der Waals surface area contributed by atoms with E-state index in [-0.39, 0.29) is 5.91 Å². The molecule has 1 fully saturated rings. The number of amides is 1. The molecule has 1 N–H and O–H groups in total. The van der Waals surface area contributed by atoms with E-state index >= 15 is 0 Å². The molecule has 134 valence electrons. The minimum absolute atomic E-state index is 0.223. The van der Waals surface area contributed by atoms with E-state index in [1.54, 1.807) is 0 Å². The number of nitrogens with one attached hydrogen (secondary N) is 1. The molecule has 1 aromatic rings. The first-order valence-electron chi connectivity index (χ1n) is 9.25. The Labute approximate surface area is 146 Å². The summed E-state index contributed by atoms with van der Waals surface area (Å²) >= 11 is 0. The van der Waals surface area contributed by atoms with Crippen molar-refractivity contribution in [1.29, 1.82) is 0 Å². The fourth-order valence-electron chi connectivity index (χ4n) is 3.18. The quantitative estimate of drug-likeness (QED) is 0.793. The maximum absolute atomic E-state index is 12.3. The summed E-state index contributed by atoms with van der Waals surface area (Å²) in [7, 11) is 2.00. The van der Waals surface area contributed by atoms with E-state index < -0.39 is 0 Å². The molecule has 1 heterocycles. The van der Waals surface area contributed by atoms with Crippen LogP contribution in [-0.2, 0) is 4.79 Å². The molecule has 0 radical (unpaired) electrons. The van der Waals surface area contributed by atoms with Gasteiger partial charge in [0.25, 0.3) is 0 Å². The summed E-state index contributed by atoms with van der Waals surface area (Å²) in [4.78, 5) is 14.3. The minimum Gasteiger partial charge on any atom is -0.493 e. The van der Waals surface area contributed by atoms with Gasteiger partial charge in [0.05, 0.1) is 13.0 Å². The summed E-state index contributed by atoms with van der Waals surface area (Å²) in [5.41, 5.74) is 1.31. The molecule has 0 aromatic heterocycles. The van der Waals surface area contributed by atoms with Crippen molar-refractivity contribution in [1.82, 2.24) is 10.2 Å². The highest BCUT2D eigenvalue weighted by Crippen LogP contribution is 2.21. The fraction of sp³-hybridized carbons (Fsp3) is 0.650. The largest absolute Gasteiger partial charge is 0.493 e. The Balaban J connectivity index is 1.66. The number of carbonyl (C=O) groups excluding carboxylic acids is 1. The molecule has 4 nitrogen and oxygen atoms in total. The molecule has 0 unspecified atom stereocenters. The summed E-state index contributed by atoms with van der Waals surface area (Å²) in [6, 6.07) is 8.18. The normalized spacial score (nSPS) is 15.8. The lowest BCUT2D eigenvalue weighted by Gasteiger charge is -2.32. The Kier molecular flexibility index (Phi) is 7.57. The van der Waals surface area contributed by atoms with E-state index in [1.807, 2.05) is 24.1 Å². The van der Waals surface area contributed by atoms with Gasteiger partial charge in [-0.15, -0.1) is 0 Å². The number of benzene rings is 1. The van der Waals surface area contributed by atoms with E-state index in [9.17, 15) is 4.79 Å². The van der Waals surface area contributed by atoms with Gasteiger partial charge in [-0.3, -0.25) is 4.79 Å². The van der Waals surface area contributed by atoms with E-state index in [1.165, 1.54) is 12.0 Å². The van der Waals surface area contributed by atoms with Crippen LogP contribution in [0.4, 0.5) is 0 Å². The Morgan fingerprint density at radius 2 is 1.92 bits per heavy atom. The van der Waals surface area contributed by atoms with Crippen molar-refractivity contribution in [2.45, 2.75) is 45.4 Å². The molecule has 1 aliphatic heterocycles. The van der Waals surface area contributed by atoms with Crippen molar-refractivity contribution < 1.29 is 9.53 Å². The molecular formula is C20H32N2O2. The van der Waals surface area contributed by atoms with Crippen molar-refractivity contribution in [2.75, 3.05) is 33.3 Å². The van der Waals surface area contributed by atoms with Crippen molar-refractivity contribution in [2.24, 2.45) is 5.92 Å². The van der Waals surface area contributed by atoms with E-state index in [0.717, 1.165) is 44.1 Å². The van der Waals surface area contributed by atoms with Crippen LogP contribution in [0.15, 0.2) is 24.3 Å². The number of piperidine rings is 1. The second kappa shape index (κ2) is 9.67. The zero-order valence-corrected chi connectivity index (χ0v) is 15.4. The van der Waals surface area contributed by atoms with Gasteiger partial charge in [-0.1, -0.05) is 26.0 Å². The van der Waals surface area contributed by atoms with Crippen molar-refractivity contribution in [3.8, 4) is 5.75 Å². The smallest absolute Gasteiger partial charge is 0.225 e. The molecule has 1 amide bonds. The average molecular weight is 332 g/mol. The molecular weight excluding hydrogens is 300 g/mol. The fourth-order valence-corrected chi connectivity index (χ4v) is 3.18. The third kappa shape index (κ3) is 5.82. The van der Waals surface area contributed by atoms with Gasteiger partial charge in [-0.2, -0.15) is 0 Å². The number of likely N-dealkylation sites (tertiary alicyclic amines) is 1. The van der Waals surface area contributed by atoms with Gasteiger partial charge in [-0.25, -0.2) is 0 Å². The van der Waals surface area contributed by atoms with Gasteiger partial charge in [0.1, 0.15) is 5.75 Å². The third-order valence-electron chi connectivity index (χ3n) is 4.90. The molecule has 1 saturated heterocycles. The summed E-state index contributed by atoms with van der Waals surface area (Å²) in [5, 5.41) is 3.20. The highest BCUT2D eigenvalue weighted by molar-refractivity contribution is 5.76. The maximum Gasteiger partial charge on any atom is 0.225 e. The number of hydrogen-bond acceptors (Lipinski definition) is 3. The number of rotatable bonds is 8. The number of carbonyl (C=O) groups is 1. The zero-order chi connectivity index (χ0) is 17.4. The molecule has 1 aliphatic rings. The van der Waals surface area contributed by atoms with Crippen molar-refractivity contribution >= 4 is 5.91 Å². The molecule has 0 bridgehead atoms. The number of ether oxygens (including phenoxy) is 1. The summed E-state index contributed by atoms with van der Waals surface area (Å²) in [6.07, 6.45) is 3.94. The van der Waals surface area contributed by atoms with Crippen LogP contribution in [0.25, 0.3) is 0 Å². The van der Waals surface area contributed by atoms with Crippen LogP contribution in [0.5, 0.6) is 5.75 Å². The zero-order valence-electron chi connectivity index (χ0n) is 15.4. The lowest BCUT2D eigenvalue weighted by Crippen LogP contribution is -2.39. The SMILES string of the molecule is CNCCC1CCN(C(=O)CCOc2ccc(C(C)C)cc2)CC1. The van der Waals surface area contributed by atoms with Crippen molar-refractivity contribution in [3.63, 3.8) is 0 Å². The second-order valence-electron chi connectivity index (χ2n) is 7.04. The lowest BCUT2D eigenvalue weighted by atomic mass is 9.93. The highest BCUT2D eigenvalue weighted by Gasteiger charge is 2.22. The molecule has 1 aromatic carbocycles.